The maximum absolute atomic E-state index is 3.66. The van der Waals surface area contributed by atoms with Crippen LogP contribution in [0, 0.1) is 0 Å². The Bertz CT molecular complexity index is 89.7. The Morgan fingerprint density at radius 1 is 1.36 bits per heavy atom. The van der Waals surface area contributed by atoms with Crippen molar-refractivity contribution in [3.63, 3.8) is 0 Å². The van der Waals surface area contributed by atoms with Gasteiger partial charge in [-0.1, -0.05) is 12.2 Å². The number of rotatable bonds is 6. The van der Waals surface area contributed by atoms with Crippen LogP contribution in [0.1, 0.15) is 19.8 Å². The highest BCUT2D eigenvalue weighted by atomic mass is 35.5. The van der Waals surface area contributed by atoms with Crippen molar-refractivity contribution >= 4 is 12.4 Å². The molecule has 0 radical (unpaired) electrons. The normalized spacial score (nSPS) is 11.4. The third-order valence-electron chi connectivity index (χ3n) is 1.41. The van der Waals surface area contributed by atoms with Crippen LogP contribution in [-0.4, -0.2) is 12.6 Å². The van der Waals surface area contributed by atoms with Crippen LogP contribution in [0.5, 0.6) is 0 Å². The minimum Gasteiger partial charge on any atom is -0.311 e. The molecule has 0 rings (SSSR count). The summed E-state index contributed by atoms with van der Waals surface area (Å²) < 4.78 is 0. The van der Waals surface area contributed by atoms with E-state index in [-0.39, 0.29) is 12.4 Å². The van der Waals surface area contributed by atoms with Gasteiger partial charge in [-0.3, -0.25) is 0 Å². The fraction of sp³-hybridized carbons (Fsp3) is 0.556. The van der Waals surface area contributed by atoms with Crippen molar-refractivity contribution in [3.05, 3.63) is 25.3 Å². The van der Waals surface area contributed by atoms with Gasteiger partial charge < -0.3 is 5.32 Å². The van der Waals surface area contributed by atoms with Gasteiger partial charge in [-0.2, -0.15) is 0 Å². The SMILES string of the molecule is C=CCCC(C)NCC=C.Cl. The lowest BCUT2D eigenvalue weighted by molar-refractivity contribution is 0.548. The number of halogens is 1. The van der Waals surface area contributed by atoms with E-state index in [2.05, 4.69) is 25.4 Å². The van der Waals surface area contributed by atoms with Crippen molar-refractivity contribution in [1.82, 2.24) is 5.32 Å². The summed E-state index contributed by atoms with van der Waals surface area (Å²) in [6.45, 7) is 10.4. The van der Waals surface area contributed by atoms with Gasteiger partial charge in [0.15, 0.2) is 0 Å². The first-order valence-corrected chi connectivity index (χ1v) is 3.76. The third-order valence-corrected chi connectivity index (χ3v) is 1.41. The molecular formula is C9H18ClN. The van der Waals surface area contributed by atoms with Crippen LogP contribution in [0.2, 0.25) is 0 Å². The summed E-state index contributed by atoms with van der Waals surface area (Å²) in [6, 6.07) is 0.580. The van der Waals surface area contributed by atoms with Crippen LogP contribution >= 0.6 is 12.4 Å². The van der Waals surface area contributed by atoms with Gasteiger partial charge in [-0.25, -0.2) is 0 Å². The zero-order chi connectivity index (χ0) is 7.82. The Morgan fingerprint density at radius 3 is 2.45 bits per heavy atom. The van der Waals surface area contributed by atoms with Crippen molar-refractivity contribution in [2.45, 2.75) is 25.8 Å². The van der Waals surface area contributed by atoms with Gasteiger partial charge in [0.25, 0.3) is 0 Å². The fourth-order valence-corrected chi connectivity index (χ4v) is 0.754. The standard InChI is InChI=1S/C9H17N.ClH/c1-4-6-7-9(3)10-8-5-2;/h4-5,9-10H,1-2,6-8H2,3H3;1H. The molecule has 0 saturated carbocycles. The second-order valence-electron chi connectivity index (χ2n) is 2.46. The second-order valence-corrected chi connectivity index (χ2v) is 2.46. The number of allylic oxidation sites excluding steroid dienone is 1. The molecule has 0 amide bonds. The average Bonchev–Trinajstić information content (AvgIpc) is 1.97. The Kier molecular flexibility index (Phi) is 11.8. The highest BCUT2D eigenvalue weighted by Gasteiger charge is 1.95. The minimum absolute atomic E-state index is 0. The van der Waals surface area contributed by atoms with E-state index in [4.69, 9.17) is 0 Å². The van der Waals surface area contributed by atoms with E-state index in [1.165, 1.54) is 0 Å². The van der Waals surface area contributed by atoms with Crippen LogP contribution in [0.3, 0.4) is 0 Å². The van der Waals surface area contributed by atoms with E-state index < -0.39 is 0 Å². The minimum atomic E-state index is 0. The van der Waals surface area contributed by atoms with Crippen LogP contribution < -0.4 is 5.32 Å². The predicted molar refractivity (Wildman–Crippen MR) is 54.3 cm³/mol. The molecule has 0 fully saturated rings. The van der Waals surface area contributed by atoms with Gasteiger partial charge in [-0.15, -0.1) is 25.6 Å². The van der Waals surface area contributed by atoms with Crippen molar-refractivity contribution < 1.29 is 0 Å². The molecule has 0 aliphatic rings. The lowest BCUT2D eigenvalue weighted by atomic mass is 10.2. The third kappa shape index (κ3) is 9.73. The van der Waals surface area contributed by atoms with Gasteiger partial charge >= 0.3 is 0 Å². The zero-order valence-corrected chi connectivity index (χ0v) is 7.99. The summed E-state index contributed by atoms with van der Waals surface area (Å²) in [6.07, 6.45) is 6.08. The monoisotopic (exact) mass is 175 g/mol. The summed E-state index contributed by atoms with van der Waals surface area (Å²) in [5, 5.41) is 3.30. The second kappa shape index (κ2) is 9.73. The van der Waals surface area contributed by atoms with E-state index >= 15 is 0 Å². The van der Waals surface area contributed by atoms with Crippen molar-refractivity contribution in [3.8, 4) is 0 Å². The molecule has 0 aliphatic carbocycles. The van der Waals surface area contributed by atoms with Crippen LogP contribution in [-0.2, 0) is 0 Å². The molecule has 1 atom stereocenters. The molecule has 0 aliphatic heterocycles. The maximum Gasteiger partial charge on any atom is 0.0134 e. The van der Waals surface area contributed by atoms with E-state index in [9.17, 15) is 0 Å². The van der Waals surface area contributed by atoms with Gasteiger partial charge in [0.1, 0.15) is 0 Å². The lowest BCUT2D eigenvalue weighted by Crippen LogP contribution is -2.25. The summed E-state index contributed by atoms with van der Waals surface area (Å²) in [4.78, 5) is 0. The Morgan fingerprint density at radius 2 is 2.00 bits per heavy atom. The van der Waals surface area contributed by atoms with Gasteiger partial charge in [0.05, 0.1) is 0 Å². The molecule has 11 heavy (non-hydrogen) atoms. The average molecular weight is 176 g/mol. The molecule has 1 nitrogen and oxygen atoms in total. The molecular weight excluding hydrogens is 158 g/mol. The first kappa shape index (κ1) is 13.3. The largest absolute Gasteiger partial charge is 0.311 e. The summed E-state index contributed by atoms with van der Waals surface area (Å²) in [5.41, 5.74) is 0. The van der Waals surface area contributed by atoms with Crippen LogP contribution in [0.4, 0.5) is 0 Å². The summed E-state index contributed by atoms with van der Waals surface area (Å²) >= 11 is 0. The number of hydrogen-bond donors (Lipinski definition) is 1. The molecule has 0 aromatic heterocycles. The molecule has 0 aromatic carbocycles. The molecule has 0 aromatic rings. The molecule has 0 saturated heterocycles. The first-order chi connectivity index (χ1) is 4.81. The summed E-state index contributed by atoms with van der Waals surface area (Å²) in [5.74, 6) is 0. The van der Waals surface area contributed by atoms with Crippen LogP contribution in [0.25, 0.3) is 0 Å². The topological polar surface area (TPSA) is 12.0 Å². The molecule has 0 spiro atoms. The Labute approximate surface area is 76.0 Å². The molecule has 66 valence electrons. The molecule has 0 heterocycles. The van der Waals surface area contributed by atoms with E-state index in [1.54, 1.807) is 0 Å². The Balaban J connectivity index is 0. The lowest BCUT2D eigenvalue weighted by Gasteiger charge is -2.09. The zero-order valence-electron chi connectivity index (χ0n) is 7.18. The molecule has 0 bridgehead atoms. The predicted octanol–water partition coefficient (Wildman–Crippen LogP) is 2.54. The van der Waals surface area contributed by atoms with Crippen molar-refractivity contribution in [2.24, 2.45) is 0 Å². The highest BCUT2D eigenvalue weighted by Crippen LogP contribution is 1.95. The van der Waals surface area contributed by atoms with Crippen LogP contribution in [0.15, 0.2) is 25.3 Å². The van der Waals surface area contributed by atoms with Gasteiger partial charge in [0.2, 0.25) is 0 Å². The Hall–Kier alpha value is -0.270. The highest BCUT2D eigenvalue weighted by molar-refractivity contribution is 5.85. The molecule has 1 unspecified atom stereocenters. The number of hydrogen-bond acceptors (Lipinski definition) is 1. The van der Waals surface area contributed by atoms with Gasteiger partial charge in [-0.05, 0) is 19.8 Å². The van der Waals surface area contributed by atoms with Gasteiger partial charge in [0, 0.05) is 12.6 Å². The number of nitrogens with one attached hydrogen (secondary N) is 1. The van der Waals surface area contributed by atoms with E-state index in [1.807, 2.05) is 12.2 Å². The van der Waals surface area contributed by atoms with Crippen molar-refractivity contribution in [1.29, 1.82) is 0 Å². The van der Waals surface area contributed by atoms with Crippen molar-refractivity contribution in [2.75, 3.05) is 6.54 Å². The molecule has 1 N–H and O–H groups in total. The first-order valence-electron chi connectivity index (χ1n) is 3.76. The quantitative estimate of drug-likeness (QED) is 0.612. The smallest absolute Gasteiger partial charge is 0.0134 e. The summed E-state index contributed by atoms with van der Waals surface area (Å²) in [7, 11) is 0. The molecule has 2 heteroatoms. The fourth-order valence-electron chi connectivity index (χ4n) is 0.754. The van der Waals surface area contributed by atoms with E-state index in [0.717, 1.165) is 19.4 Å². The maximum atomic E-state index is 3.66. The van der Waals surface area contributed by atoms with E-state index in [0.29, 0.717) is 6.04 Å².